The van der Waals surface area contributed by atoms with Gasteiger partial charge in [-0.1, -0.05) is 24.5 Å². The number of anilines is 2. The van der Waals surface area contributed by atoms with Crippen molar-refractivity contribution in [2.24, 2.45) is 0 Å². The van der Waals surface area contributed by atoms with E-state index in [0.717, 1.165) is 53.6 Å². The Bertz CT molecular complexity index is 2120. The summed E-state index contributed by atoms with van der Waals surface area (Å²) < 4.78 is 5.75. The van der Waals surface area contributed by atoms with Gasteiger partial charge in [-0.2, -0.15) is 0 Å². The molecule has 2 aliphatic carbocycles. The highest BCUT2D eigenvalue weighted by molar-refractivity contribution is 6.39. The molecule has 8 rings (SSSR count). The second kappa shape index (κ2) is 8.44. The van der Waals surface area contributed by atoms with Crippen molar-refractivity contribution in [1.29, 1.82) is 0 Å². The second-order valence-corrected chi connectivity index (χ2v) is 11.9. The van der Waals surface area contributed by atoms with Gasteiger partial charge in [-0.3, -0.25) is 9.59 Å². The third-order valence-corrected chi connectivity index (χ3v) is 9.63. The normalized spacial score (nSPS) is 19.8. The largest absolute Gasteiger partial charge is 0.504 e. The SMILES string of the molecule is COc1c(O)c2c(=O)cc(CO)c3c4c(CO)cc(=O)c5c6c(c7c(c(c1C=C(C)C7)c23)c54)NC1CCCCC1N6. The minimum atomic E-state index is -0.425. The summed E-state index contributed by atoms with van der Waals surface area (Å²) in [5, 5.41) is 44.7. The third-order valence-electron chi connectivity index (χ3n) is 9.63. The molecule has 5 aromatic rings. The molecule has 0 amide bonds. The van der Waals surface area contributed by atoms with Gasteiger partial charge in [0.25, 0.3) is 0 Å². The average Bonchev–Trinajstić information content (AvgIpc) is 3.12. The van der Waals surface area contributed by atoms with Crippen LogP contribution in [0.5, 0.6) is 11.5 Å². The first kappa shape index (κ1) is 24.6. The summed E-state index contributed by atoms with van der Waals surface area (Å²) in [7, 11) is 1.47. The zero-order valence-electron chi connectivity index (χ0n) is 22.9. The van der Waals surface area contributed by atoms with E-state index in [0.29, 0.717) is 55.4 Å². The minimum absolute atomic E-state index is 0.108. The van der Waals surface area contributed by atoms with Gasteiger partial charge >= 0.3 is 0 Å². The number of aromatic hydroxyl groups is 1. The van der Waals surface area contributed by atoms with Gasteiger partial charge in [0.2, 0.25) is 0 Å². The summed E-state index contributed by atoms with van der Waals surface area (Å²) in [5.41, 5.74) is 4.56. The van der Waals surface area contributed by atoms with Crippen molar-refractivity contribution in [3.8, 4) is 11.5 Å². The Kier molecular flexibility index (Phi) is 5.07. The molecule has 41 heavy (non-hydrogen) atoms. The number of ether oxygens (including phenoxy) is 1. The van der Waals surface area contributed by atoms with Gasteiger partial charge in [0.05, 0.1) is 42.5 Å². The quantitative estimate of drug-likeness (QED) is 0.162. The van der Waals surface area contributed by atoms with Crippen LogP contribution in [-0.4, -0.2) is 34.5 Å². The molecule has 8 nitrogen and oxygen atoms in total. The maximum absolute atomic E-state index is 14.0. The molecule has 1 fully saturated rings. The standard InChI is InChI=1S/C33H30N2O6/c1-13-7-16-24-25-17(8-13)33(41-2)32(40)27-21(39)10-15(12-37)23(29(25)27)22-14(11-36)9-20(38)26(28(22)24)31-30(16)34-18-5-3-4-6-19(18)35-31/h8-10,18-19,34-37,40H,3-7,11-12H2,1-2H3. The zero-order valence-corrected chi connectivity index (χ0v) is 22.9. The van der Waals surface area contributed by atoms with Crippen LogP contribution in [0.1, 0.15) is 54.9 Å². The van der Waals surface area contributed by atoms with Crippen LogP contribution < -0.4 is 26.2 Å². The molecule has 1 heterocycles. The van der Waals surface area contributed by atoms with Crippen LogP contribution in [0.15, 0.2) is 27.3 Å². The monoisotopic (exact) mass is 550 g/mol. The van der Waals surface area contributed by atoms with E-state index in [-0.39, 0.29) is 34.4 Å². The minimum Gasteiger partial charge on any atom is -0.504 e. The maximum atomic E-state index is 14.0. The molecule has 8 heteroatoms. The molecule has 0 saturated heterocycles. The predicted molar refractivity (Wildman–Crippen MR) is 162 cm³/mol. The number of aliphatic hydroxyl groups is 2. The van der Waals surface area contributed by atoms with Crippen molar-refractivity contribution in [3.63, 3.8) is 0 Å². The van der Waals surface area contributed by atoms with Gasteiger partial charge in [0.1, 0.15) is 0 Å². The number of aliphatic hydroxyl groups excluding tert-OH is 2. The fourth-order valence-electron chi connectivity index (χ4n) is 8.05. The van der Waals surface area contributed by atoms with E-state index < -0.39 is 18.6 Å². The van der Waals surface area contributed by atoms with Crippen LogP contribution in [-0.2, 0) is 19.6 Å². The molecular weight excluding hydrogens is 520 g/mol. The summed E-state index contributed by atoms with van der Waals surface area (Å²) in [5.74, 6) is -0.0501. The van der Waals surface area contributed by atoms with Crippen molar-refractivity contribution in [2.45, 2.75) is 64.3 Å². The van der Waals surface area contributed by atoms with E-state index in [9.17, 15) is 24.9 Å². The Morgan fingerprint density at radius 1 is 0.805 bits per heavy atom. The molecule has 3 aliphatic rings. The molecule has 5 aromatic carbocycles. The number of benzene rings is 5. The molecule has 1 aliphatic heterocycles. The Morgan fingerprint density at radius 2 is 1.39 bits per heavy atom. The number of allylic oxidation sites excluding steroid dienone is 1. The van der Waals surface area contributed by atoms with Crippen LogP contribution >= 0.6 is 0 Å². The second-order valence-electron chi connectivity index (χ2n) is 11.9. The lowest BCUT2D eigenvalue weighted by Crippen LogP contribution is -2.45. The Hall–Kier alpha value is -4.14. The molecule has 5 N–H and O–H groups in total. The van der Waals surface area contributed by atoms with Gasteiger partial charge in [-0.15, -0.1) is 0 Å². The molecule has 2 atom stereocenters. The van der Waals surface area contributed by atoms with Crippen molar-refractivity contribution >= 4 is 60.5 Å². The van der Waals surface area contributed by atoms with Crippen molar-refractivity contribution in [2.75, 3.05) is 17.7 Å². The Morgan fingerprint density at radius 3 is 2.00 bits per heavy atom. The number of phenols is 1. The molecule has 0 radical (unpaired) electrons. The average molecular weight is 551 g/mol. The summed E-state index contributed by atoms with van der Waals surface area (Å²) in [6.45, 7) is 1.22. The maximum Gasteiger partial charge on any atom is 0.190 e. The number of hydrogen-bond donors (Lipinski definition) is 5. The highest BCUT2D eigenvalue weighted by atomic mass is 16.5. The molecule has 0 bridgehead atoms. The summed E-state index contributed by atoms with van der Waals surface area (Å²) in [6, 6.07) is 3.25. The predicted octanol–water partition coefficient (Wildman–Crippen LogP) is 4.70. The molecule has 1 saturated carbocycles. The summed E-state index contributed by atoms with van der Waals surface area (Å²) in [6.07, 6.45) is 6.87. The Labute approximate surface area is 234 Å². The van der Waals surface area contributed by atoms with Gasteiger partial charge < -0.3 is 30.7 Å². The number of phenolic OH excluding ortho intramolecular Hbond substituents is 1. The van der Waals surface area contributed by atoms with Crippen LogP contribution in [0.4, 0.5) is 11.4 Å². The highest BCUT2D eigenvalue weighted by Gasteiger charge is 2.37. The van der Waals surface area contributed by atoms with E-state index in [1.807, 2.05) is 13.0 Å². The fraction of sp³-hybridized carbons (Fsp3) is 0.333. The number of fused-ring (bicyclic) bond motifs is 5. The number of hydrogen-bond acceptors (Lipinski definition) is 8. The molecule has 2 unspecified atom stereocenters. The van der Waals surface area contributed by atoms with Crippen LogP contribution in [0.2, 0.25) is 0 Å². The van der Waals surface area contributed by atoms with Gasteiger partial charge in [-0.05, 0) is 71.2 Å². The zero-order chi connectivity index (χ0) is 28.3. The van der Waals surface area contributed by atoms with E-state index in [1.165, 1.54) is 19.2 Å². The number of methoxy groups -OCH3 is 1. The summed E-state index contributed by atoms with van der Waals surface area (Å²) in [4.78, 5) is 27.5. The number of nitrogens with one attached hydrogen (secondary N) is 2. The van der Waals surface area contributed by atoms with Crippen molar-refractivity contribution in [1.82, 2.24) is 0 Å². The molecule has 208 valence electrons. The fourth-order valence-corrected chi connectivity index (χ4v) is 8.05. The first-order chi connectivity index (χ1) is 19.9. The van der Waals surface area contributed by atoms with E-state index in [2.05, 4.69) is 10.6 Å². The van der Waals surface area contributed by atoms with Crippen LogP contribution in [0.25, 0.3) is 49.2 Å². The topological polar surface area (TPSA) is 128 Å². The number of rotatable bonds is 3. The summed E-state index contributed by atoms with van der Waals surface area (Å²) >= 11 is 0. The van der Waals surface area contributed by atoms with E-state index in [1.54, 1.807) is 0 Å². The van der Waals surface area contributed by atoms with E-state index >= 15 is 0 Å². The first-order valence-electron chi connectivity index (χ1n) is 14.3. The molecule has 0 spiro atoms. The van der Waals surface area contributed by atoms with Crippen LogP contribution in [0.3, 0.4) is 0 Å². The lowest BCUT2D eigenvalue weighted by Gasteiger charge is -2.41. The molecule has 0 aromatic heterocycles. The van der Waals surface area contributed by atoms with Crippen molar-refractivity contribution in [3.05, 3.63) is 60.4 Å². The third kappa shape index (κ3) is 3.01. The first-order valence-corrected chi connectivity index (χ1v) is 14.3. The van der Waals surface area contributed by atoms with E-state index in [4.69, 9.17) is 4.74 Å². The lowest BCUT2D eigenvalue weighted by molar-refractivity contribution is 0.282. The highest BCUT2D eigenvalue weighted by Crippen LogP contribution is 2.55. The van der Waals surface area contributed by atoms with Gasteiger partial charge in [0.15, 0.2) is 22.4 Å². The van der Waals surface area contributed by atoms with Crippen LogP contribution in [0, 0.1) is 0 Å². The smallest absolute Gasteiger partial charge is 0.190 e. The van der Waals surface area contributed by atoms with Gasteiger partial charge in [0, 0.05) is 33.8 Å². The van der Waals surface area contributed by atoms with Crippen molar-refractivity contribution < 1.29 is 20.1 Å². The van der Waals surface area contributed by atoms with Gasteiger partial charge in [-0.25, -0.2) is 0 Å². The lowest BCUT2D eigenvalue weighted by atomic mass is 9.80. The molecular formula is C33H30N2O6. The Balaban J connectivity index is 1.76.